The molecule has 3 heterocycles. The zero-order valence-corrected chi connectivity index (χ0v) is 14.4. The number of aryl methyl sites for hydroxylation is 1. The standard InChI is InChI=1S/C16H17BrN6/c1-22-16(9-19-21-22)12-7-20-23(10-12)15(6-11-2-3-11)14-5-4-13(17)8-18-14/h4-5,7-11,15H,2-3,6H2,1H3. The highest BCUT2D eigenvalue weighted by Crippen LogP contribution is 2.39. The normalized spacial score (nSPS) is 15.7. The van der Waals surface area contributed by atoms with Gasteiger partial charge in [0.1, 0.15) is 0 Å². The highest BCUT2D eigenvalue weighted by Gasteiger charge is 2.28. The van der Waals surface area contributed by atoms with Crippen LogP contribution in [0.15, 0.2) is 41.4 Å². The molecule has 0 saturated heterocycles. The number of rotatable bonds is 5. The molecule has 7 heteroatoms. The molecule has 0 amide bonds. The van der Waals surface area contributed by atoms with E-state index in [-0.39, 0.29) is 6.04 Å². The van der Waals surface area contributed by atoms with Crippen LogP contribution in [0.5, 0.6) is 0 Å². The van der Waals surface area contributed by atoms with E-state index in [0.717, 1.165) is 33.8 Å². The van der Waals surface area contributed by atoms with Gasteiger partial charge in [-0.15, -0.1) is 5.10 Å². The smallest absolute Gasteiger partial charge is 0.0941 e. The lowest BCUT2D eigenvalue weighted by molar-refractivity contribution is 0.455. The molecule has 0 aromatic carbocycles. The van der Waals surface area contributed by atoms with Gasteiger partial charge >= 0.3 is 0 Å². The summed E-state index contributed by atoms with van der Waals surface area (Å²) in [6, 6.07) is 4.28. The zero-order valence-electron chi connectivity index (χ0n) is 12.8. The van der Waals surface area contributed by atoms with Gasteiger partial charge in [-0.3, -0.25) is 9.67 Å². The first-order valence-corrected chi connectivity index (χ1v) is 8.50. The predicted molar refractivity (Wildman–Crippen MR) is 89.6 cm³/mol. The lowest BCUT2D eigenvalue weighted by Crippen LogP contribution is -2.13. The van der Waals surface area contributed by atoms with Crippen LogP contribution in [0.1, 0.15) is 31.0 Å². The van der Waals surface area contributed by atoms with E-state index in [9.17, 15) is 0 Å². The summed E-state index contributed by atoms with van der Waals surface area (Å²) in [5, 5.41) is 12.5. The highest BCUT2D eigenvalue weighted by atomic mass is 79.9. The molecule has 118 valence electrons. The first kappa shape index (κ1) is 14.6. The molecule has 0 radical (unpaired) electrons. The first-order valence-electron chi connectivity index (χ1n) is 7.71. The van der Waals surface area contributed by atoms with Crippen LogP contribution < -0.4 is 0 Å². The van der Waals surface area contributed by atoms with Gasteiger partial charge in [0.2, 0.25) is 0 Å². The lowest BCUT2D eigenvalue weighted by atomic mass is 10.1. The molecule has 1 saturated carbocycles. The fourth-order valence-electron chi connectivity index (χ4n) is 2.81. The van der Waals surface area contributed by atoms with Crippen LogP contribution in [0.2, 0.25) is 0 Å². The van der Waals surface area contributed by atoms with E-state index < -0.39 is 0 Å². The molecule has 0 aliphatic heterocycles. The molecule has 0 N–H and O–H groups in total. The third-order valence-electron chi connectivity index (χ3n) is 4.28. The van der Waals surface area contributed by atoms with Crippen LogP contribution in [0.4, 0.5) is 0 Å². The van der Waals surface area contributed by atoms with Gasteiger partial charge in [-0.05, 0) is 40.4 Å². The Morgan fingerprint density at radius 3 is 2.78 bits per heavy atom. The summed E-state index contributed by atoms with van der Waals surface area (Å²) in [5.41, 5.74) is 3.04. The number of hydrogen-bond acceptors (Lipinski definition) is 4. The second-order valence-electron chi connectivity index (χ2n) is 6.05. The number of pyridine rings is 1. The Kier molecular flexibility index (Phi) is 3.72. The summed E-state index contributed by atoms with van der Waals surface area (Å²) in [6.07, 6.45) is 11.3. The molecule has 1 fully saturated rings. The summed E-state index contributed by atoms with van der Waals surface area (Å²) in [7, 11) is 1.89. The third-order valence-corrected chi connectivity index (χ3v) is 4.75. The van der Waals surface area contributed by atoms with E-state index in [0.29, 0.717) is 0 Å². The summed E-state index contributed by atoms with van der Waals surface area (Å²) < 4.78 is 4.78. The Labute approximate surface area is 142 Å². The maximum Gasteiger partial charge on any atom is 0.0941 e. The molecular formula is C16H17BrN6. The molecule has 1 unspecified atom stereocenters. The fraction of sp³-hybridized carbons (Fsp3) is 0.375. The van der Waals surface area contributed by atoms with Crippen molar-refractivity contribution in [1.29, 1.82) is 0 Å². The van der Waals surface area contributed by atoms with Crippen molar-refractivity contribution >= 4 is 15.9 Å². The minimum Gasteiger partial charge on any atom is -0.263 e. The van der Waals surface area contributed by atoms with Gasteiger partial charge in [-0.1, -0.05) is 18.1 Å². The number of aromatic nitrogens is 6. The van der Waals surface area contributed by atoms with Crippen molar-refractivity contribution in [1.82, 2.24) is 29.8 Å². The van der Waals surface area contributed by atoms with Crippen LogP contribution in [0.25, 0.3) is 11.3 Å². The van der Waals surface area contributed by atoms with E-state index in [1.165, 1.54) is 12.8 Å². The Morgan fingerprint density at radius 2 is 2.13 bits per heavy atom. The Bertz CT molecular complexity index is 802. The largest absolute Gasteiger partial charge is 0.263 e. The predicted octanol–water partition coefficient (Wildman–Crippen LogP) is 3.23. The Morgan fingerprint density at radius 1 is 1.26 bits per heavy atom. The minimum atomic E-state index is 0.172. The van der Waals surface area contributed by atoms with Crippen LogP contribution in [0, 0.1) is 5.92 Å². The summed E-state index contributed by atoms with van der Waals surface area (Å²) in [6.45, 7) is 0. The van der Waals surface area contributed by atoms with Crippen molar-refractivity contribution in [3.8, 4) is 11.3 Å². The Hall–Kier alpha value is -2.02. The van der Waals surface area contributed by atoms with Crippen LogP contribution in [-0.4, -0.2) is 29.8 Å². The van der Waals surface area contributed by atoms with Crippen LogP contribution in [-0.2, 0) is 7.05 Å². The van der Waals surface area contributed by atoms with E-state index >= 15 is 0 Å². The second-order valence-corrected chi connectivity index (χ2v) is 6.96. The van der Waals surface area contributed by atoms with Crippen molar-refractivity contribution in [2.75, 3.05) is 0 Å². The summed E-state index contributed by atoms with van der Waals surface area (Å²) in [4.78, 5) is 4.59. The van der Waals surface area contributed by atoms with Gasteiger partial charge in [0.15, 0.2) is 0 Å². The minimum absolute atomic E-state index is 0.172. The SMILES string of the molecule is Cn1nncc1-c1cnn(C(CC2CC2)c2ccc(Br)cn2)c1. The quantitative estimate of drug-likeness (QED) is 0.689. The van der Waals surface area contributed by atoms with Gasteiger partial charge in [-0.25, -0.2) is 4.68 Å². The van der Waals surface area contributed by atoms with E-state index in [4.69, 9.17) is 0 Å². The maximum absolute atomic E-state index is 4.59. The Balaban J connectivity index is 1.67. The molecule has 1 aliphatic rings. The van der Waals surface area contributed by atoms with Crippen molar-refractivity contribution in [2.45, 2.75) is 25.3 Å². The molecule has 0 spiro atoms. The molecule has 4 rings (SSSR count). The molecule has 3 aromatic rings. The van der Waals surface area contributed by atoms with Gasteiger partial charge in [0, 0.05) is 29.5 Å². The number of halogens is 1. The molecular weight excluding hydrogens is 356 g/mol. The van der Waals surface area contributed by atoms with E-state index in [1.807, 2.05) is 30.2 Å². The number of hydrogen-bond donors (Lipinski definition) is 0. The van der Waals surface area contributed by atoms with E-state index in [1.54, 1.807) is 10.9 Å². The fourth-order valence-corrected chi connectivity index (χ4v) is 3.04. The molecule has 3 aromatic heterocycles. The number of nitrogens with zero attached hydrogens (tertiary/aromatic N) is 6. The van der Waals surface area contributed by atoms with Crippen molar-refractivity contribution < 1.29 is 0 Å². The molecule has 1 atom stereocenters. The van der Waals surface area contributed by atoms with E-state index in [2.05, 4.69) is 48.6 Å². The monoisotopic (exact) mass is 372 g/mol. The van der Waals surface area contributed by atoms with Crippen molar-refractivity contribution in [3.05, 3.63) is 47.1 Å². The average molecular weight is 373 g/mol. The average Bonchev–Trinajstić information content (AvgIpc) is 3.06. The second kappa shape index (κ2) is 5.88. The van der Waals surface area contributed by atoms with Crippen molar-refractivity contribution in [3.63, 3.8) is 0 Å². The molecule has 1 aliphatic carbocycles. The molecule has 0 bridgehead atoms. The van der Waals surface area contributed by atoms with Crippen LogP contribution >= 0.6 is 15.9 Å². The third kappa shape index (κ3) is 3.06. The lowest BCUT2D eigenvalue weighted by Gasteiger charge is -2.17. The van der Waals surface area contributed by atoms with Gasteiger partial charge in [0.25, 0.3) is 0 Å². The van der Waals surface area contributed by atoms with Gasteiger partial charge < -0.3 is 0 Å². The highest BCUT2D eigenvalue weighted by molar-refractivity contribution is 9.10. The molecule has 23 heavy (non-hydrogen) atoms. The van der Waals surface area contributed by atoms with Crippen LogP contribution in [0.3, 0.4) is 0 Å². The van der Waals surface area contributed by atoms with Crippen molar-refractivity contribution in [2.24, 2.45) is 13.0 Å². The van der Waals surface area contributed by atoms with Gasteiger partial charge in [-0.2, -0.15) is 5.10 Å². The first-order chi connectivity index (χ1) is 11.2. The summed E-state index contributed by atoms with van der Waals surface area (Å²) in [5.74, 6) is 0.788. The maximum atomic E-state index is 4.59. The molecule has 6 nitrogen and oxygen atoms in total. The zero-order chi connectivity index (χ0) is 15.8. The summed E-state index contributed by atoms with van der Waals surface area (Å²) >= 11 is 3.45. The van der Waals surface area contributed by atoms with Gasteiger partial charge in [0.05, 0.1) is 29.8 Å². The topological polar surface area (TPSA) is 61.4 Å².